The van der Waals surface area contributed by atoms with E-state index in [1.807, 2.05) is 78.9 Å². The molecule has 31 heavy (non-hydrogen) atoms. The van der Waals surface area contributed by atoms with Crippen molar-refractivity contribution in [3.05, 3.63) is 102 Å². The van der Waals surface area contributed by atoms with Gasteiger partial charge in [-0.05, 0) is 18.2 Å². The highest BCUT2D eigenvalue weighted by atomic mass is 16.2. The van der Waals surface area contributed by atoms with E-state index in [1.54, 1.807) is 18.0 Å². The number of carbonyl (C=O) groups excluding carboxylic acids is 2. The van der Waals surface area contributed by atoms with Gasteiger partial charge in [0.05, 0.1) is 11.4 Å². The maximum atomic E-state index is 12.0. The van der Waals surface area contributed by atoms with E-state index in [1.165, 1.54) is 0 Å². The van der Waals surface area contributed by atoms with Gasteiger partial charge in [-0.25, -0.2) is 0 Å². The van der Waals surface area contributed by atoms with Gasteiger partial charge in [0, 0.05) is 29.1 Å². The van der Waals surface area contributed by atoms with Gasteiger partial charge in [-0.15, -0.1) is 0 Å². The molecule has 2 heterocycles. The first-order chi connectivity index (χ1) is 15.0. The summed E-state index contributed by atoms with van der Waals surface area (Å²) in [6.45, 7) is 0.190. The molecule has 2 amide bonds. The molecule has 4 aromatic rings. The summed E-state index contributed by atoms with van der Waals surface area (Å²) < 4.78 is 0. The predicted octanol–water partition coefficient (Wildman–Crippen LogP) is 3.77. The van der Waals surface area contributed by atoms with Gasteiger partial charge in [-0.2, -0.15) is 0 Å². The number of aliphatic imine (C=N–C) groups is 1. The number of nitrogens with one attached hydrogen (secondary N) is 1. The number of rotatable bonds is 2. The van der Waals surface area contributed by atoms with Crippen molar-refractivity contribution in [2.45, 2.75) is 0 Å². The smallest absolute Gasteiger partial charge is 0.265 e. The van der Waals surface area contributed by atoms with E-state index < -0.39 is 5.91 Å². The Kier molecular flexibility index (Phi) is 5.62. The predicted molar refractivity (Wildman–Crippen MR) is 124 cm³/mol. The third-order valence-corrected chi connectivity index (χ3v) is 5.11. The van der Waals surface area contributed by atoms with Crippen LogP contribution in [0.5, 0.6) is 0 Å². The van der Waals surface area contributed by atoms with Crippen molar-refractivity contribution in [3.63, 3.8) is 0 Å². The van der Waals surface area contributed by atoms with Crippen molar-refractivity contribution in [2.75, 3.05) is 18.5 Å². The number of H-pyrrole nitrogens is 1. The molecule has 0 bridgehead atoms. The van der Waals surface area contributed by atoms with E-state index in [-0.39, 0.29) is 12.5 Å². The summed E-state index contributed by atoms with van der Waals surface area (Å²) in [5.41, 5.74) is 10.3. The van der Waals surface area contributed by atoms with Crippen LogP contribution in [0.2, 0.25) is 0 Å². The summed E-state index contributed by atoms with van der Waals surface area (Å²) in [4.78, 5) is 31.8. The largest absolute Gasteiger partial charge is 0.364 e. The minimum absolute atomic E-state index is 0.0124. The van der Waals surface area contributed by atoms with Crippen LogP contribution in [-0.2, 0) is 4.79 Å². The third-order valence-electron chi connectivity index (χ3n) is 5.11. The van der Waals surface area contributed by atoms with Crippen LogP contribution in [0.15, 0.2) is 89.9 Å². The van der Waals surface area contributed by atoms with E-state index in [0.717, 1.165) is 33.4 Å². The molecular formula is C25H22N4O2. The SMILES string of the molecule is CN1C(=O)CN=C(c2ccccc2)c2ccccc21.NC(=O)c1cc2ccccc2[nH]1. The Balaban J connectivity index is 0.000000166. The lowest BCUT2D eigenvalue weighted by Crippen LogP contribution is -2.27. The lowest BCUT2D eigenvalue weighted by Gasteiger charge is -2.17. The number of aromatic amines is 1. The van der Waals surface area contributed by atoms with Crippen LogP contribution < -0.4 is 10.6 Å². The minimum Gasteiger partial charge on any atom is -0.364 e. The molecule has 154 valence electrons. The number of amides is 2. The molecule has 0 fully saturated rings. The van der Waals surface area contributed by atoms with Gasteiger partial charge < -0.3 is 15.6 Å². The van der Waals surface area contributed by atoms with Gasteiger partial charge >= 0.3 is 0 Å². The molecule has 6 nitrogen and oxygen atoms in total. The normalized spacial score (nSPS) is 13.0. The van der Waals surface area contributed by atoms with Crippen LogP contribution in [0.4, 0.5) is 5.69 Å². The summed E-state index contributed by atoms with van der Waals surface area (Å²) in [7, 11) is 1.80. The maximum Gasteiger partial charge on any atom is 0.265 e. The first-order valence-electron chi connectivity index (χ1n) is 9.88. The summed E-state index contributed by atoms with van der Waals surface area (Å²) in [5, 5.41) is 1.01. The number of hydrogen-bond acceptors (Lipinski definition) is 3. The van der Waals surface area contributed by atoms with Gasteiger partial charge in [0.25, 0.3) is 5.91 Å². The zero-order valence-corrected chi connectivity index (χ0v) is 17.1. The topological polar surface area (TPSA) is 91.5 Å². The summed E-state index contributed by atoms with van der Waals surface area (Å²) in [6, 6.07) is 27.3. The number of carbonyl (C=O) groups is 2. The quantitative estimate of drug-likeness (QED) is 0.527. The standard InChI is InChI=1S/C16H14N2O.C9H8N2O/c1-18-14-10-6-5-9-13(14)16(17-11-15(18)19)12-7-3-2-4-8-12;10-9(12)8-5-6-3-1-2-4-7(6)11-8/h2-10H,11H2,1H3;1-5,11H,(H2,10,12). The summed E-state index contributed by atoms with van der Waals surface area (Å²) >= 11 is 0. The highest BCUT2D eigenvalue weighted by Gasteiger charge is 2.21. The number of benzene rings is 3. The highest BCUT2D eigenvalue weighted by Crippen LogP contribution is 2.25. The fourth-order valence-corrected chi connectivity index (χ4v) is 3.49. The molecule has 0 spiro atoms. The van der Waals surface area contributed by atoms with Crippen molar-refractivity contribution >= 4 is 34.1 Å². The number of anilines is 1. The monoisotopic (exact) mass is 410 g/mol. The fraction of sp³-hybridized carbons (Fsp3) is 0.0800. The van der Waals surface area contributed by atoms with Crippen LogP contribution in [0.25, 0.3) is 10.9 Å². The Morgan fingerprint density at radius 2 is 1.65 bits per heavy atom. The van der Waals surface area contributed by atoms with E-state index in [0.29, 0.717) is 5.69 Å². The lowest BCUT2D eigenvalue weighted by atomic mass is 10.0. The van der Waals surface area contributed by atoms with E-state index in [2.05, 4.69) is 9.98 Å². The molecule has 5 rings (SSSR count). The van der Waals surface area contributed by atoms with Crippen LogP contribution in [0, 0.1) is 0 Å². The molecule has 3 aromatic carbocycles. The van der Waals surface area contributed by atoms with Gasteiger partial charge in [-0.1, -0.05) is 66.7 Å². The number of likely N-dealkylation sites (N-methyl/N-ethyl adjacent to an activating group) is 1. The molecule has 0 radical (unpaired) electrons. The van der Waals surface area contributed by atoms with Crippen molar-refractivity contribution in [3.8, 4) is 0 Å². The molecule has 0 saturated heterocycles. The number of fused-ring (bicyclic) bond motifs is 2. The summed E-state index contributed by atoms with van der Waals surface area (Å²) in [5.74, 6) is -0.412. The first-order valence-corrected chi connectivity index (χ1v) is 9.88. The van der Waals surface area contributed by atoms with Crippen LogP contribution in [0.3, 0.4) is 0 Å². The van der Waals surface area contributed by atoms with Crippen molar-refractivity contribution < 1.29 is 9.59 Å². The number of hydrogen-bond donors (Lipinski definition) is 2. The second kappa shape index (κ2) is 8.67. The minimum atomic E-state index is -0.425. The third kappa shape index (κ3) is 4.23. The number of nitrogens with zero attached hydrogens (tertiary/aromatic N) is 2. The lowest BCUT2D eigenvalue weighted by molar-refractivity contribution is -0.116. The van der Waals surface area contributed by atoms with E-state index in [9.17, 15) is 9.59 Å². The average Bonchev–Trinajstić information content (AvgIpc) is 3.20. The molecule has 6 heteroatoms. The Hall–Kier alpha value is -4.19. The molecule has 0 unspecified atom stereocenters. The Labute approximate surface area is 180 Å². The fourth-order valence-electron chi connectivity index (χ4n) is 3.49. The second-order valence-electron chi connectivity index (χ2n) is 7.14. The first kappa shape index (κ1) is 20.1. The number of benzodiazepines with no additional fused rings is 1. The van der Waals surface area contributed by atoms with Crippen molar-refractivity contribution in [1.29, 1.82) is 0 Å². The van der Waals surface area contributed by atoms with Gasteiger partial charge in [-0.3, -0.25) is 14.6 Å². The van der Waals surface area contributed by atoms with Crippen molar-refractivity contribution in [2.24, 2.45) is 10.7 Å². The van der Waals surface area contributed by atoms with Crippen LogP contribution >= 0.6 is 0 Å². The number of nitrogens with two attached hydrogens (primary N) is 1. The zero-order valence-electron chi connectivity index (χ0n) is 17.1. The molecule has 1 aliphatic heterocycles. The number of primary amides is 1. The average molecular weight is 410 g/mol. The molecule has 0 atom stereocenters. The van der Waals surface area contributed by atoms with Crippen LogP contribution in [0.1, 0.15) is 21.6 Å². The number of aromatic nitrogens is 1. The Morgan fingerprint density at radius 3 is 2.39 bits per heavy atom. The second-order valence-corrected chi connectivity index (χ2v) is 7.14. The van der Waals surface area contributed by atoms with E-state index >= 15 is 0 Å². The van der Waals surface area contributed by atoms with Gasteiger partial charge in [0.2, 0.25) is 5.91 Å². The Morgan fingerprint density at radius 1 is 0.968 bits per heavy atom. The van der Waals surface area contributed by atoms with Gasteiger partial charge in [0.1, 0.15) is 12.2 Å². The molecular weight excluding hydrogens is 388 g/mol. The molecule has 1 aromatic heterocycles. The number of para-hydroxylation sites is 2. The van der Waals surface area contributed by atoms with Crippen LogP contribution in [-0.4, -0.2) is 36.1 Å². The van der Waals surface area contributed by atoms with Crippen molar-refractivity contribution in [1.82, 2.24) is 4.98 Å². The molecule has 3 N–H and O–H groups in total. The molecule has 1 aliphatic rings. The summed E-state index contributed by atoms with van der Waals surface area (Å²) in [6.07, 6.45) is 0. The van der Waals surface area contributed by atoms with E-state index in [4.69, 9.17) is 5.73 Å². The zero-order chi connectivity index (χ0) is 21.8. The molecule has 0 saturated carbocycles. The molecule has 0 aliphatic carbocycles. The maximum absolute atomic E-state index is 12.0. The van der Waals surface area contributed by atoms with Gasteiger partial charge in [0.15, 0.2) is 0 Å². The highest BCUT2D eigenvalue weighted by molar-refractivity contribution is 6.19. The Bertz CT molecular complexity index is 1240.